The van der Waals surface area contributed by atoms with Gasteiger partial charge in [0.2, 0.25) is 5.82 Å². The van der Waals surface area contributed by atoms with E-state index in [1.165, 1.54) is 12.3 Å². The molecule has 0 aliphatic rings. The number of carboxylic acid groups (broad SMARTS) is 1. The molecule has 0 radical (unpaired) electrons. The van der Waals surface area contributed by atoms with Gasteiger partial charge in [0.25, 0.3) is 11.8 Å². The Kier molecular flexibility index (Phi) is 6.11. The van der Waals surface area contributed by atoms with Crippen molar-refractivity contribution in [3.63, 3.8) is 0 Å². The van der Waals surface area contributed by atoms with Gasteiger partial charge in [-0.1, -0.05) is 30.3 Å². The van der Waals surface area contributed by atoms with Gasteiger partial charge in [0.1, 0.15) is 0 Å². The summed E-state index contributed by atoms with van der Waals surface area (Å²) >= 11 is 0. The Labute approximate surface area is 168 Å². The van der Waals surface area contributed by atoms with E-state index in [9.17, 15) is 9.90 Å². The highest BCUT2D eigenvalue weighted by atomic mass is 16.5. The number of aromatic nitrogens is 3. The Hall–Kier alpha value is -3.42. The number of carbonyl (C=O) groups is 1. The van der Waals surface area contributed by atoms with Crippen LogP contribution in [0.1, 0.15) is 38.3 Å². The minimum absolute atomic E-state index is 0.0592. The lowest BCUT2D eigenvalue weighted by atomic mass is 9.95. The van der Waals surface area contributed by atoms with Gasteiger partial charge in [-0.25, -0.2) is 4.98 Å². The number of benzene rings is 1. The topological polar surface area (TPSA) is 119 Å². The van der Waals surface area contributed by atoms with Crippen LogP contribution in [-0.2, 0) is 17.6 Å². The highest BCUT2D eigenvalue weighted by Crippen LogP contribution is 2.31. The standard InChI is InChI=1S/C21H23N3O5/c1-4-15-13(8-9-18(26)27)6-5-7-16(15)19-23-20(29-24-19)14-10-17(25)21(22-11-14)28-12(2)3/h5-7,10-12,25H,4,8-9H2,1-3H3,(H,26,27). The van der Waals surface area contributed by atoms with E-state index in [-0.39, 0.29) is 30.0 Å². The maximum absolute atomic E-state index is 10.9. The van der Waals surface area contributed by atoms with Crippen LogP contribution in [0.4, 0.5) is 0 Å². The molecule has 0 aliphatic carbocycles. The van der Waals surface area contributed by atoms with E-state index in [4.69, 9.17) is 14.4 Å². The van der Waals surface area contributed by atoms with Crippen molar-refractivity contribution < 1.29 is 24.3 Å². The first-order valence-electron chi connectivity index (χ1n) is 9.41. The summed E-state index contributed by atoms with van der Waals surface area (Å²) in [5, 5.41) is 23.2. The average molecular weight is 397 g/mol. The fourth-order valence-corrected chi connectivity index (χ4v) is 3.06. The lowest BCUT2D eigenvalue weighted by Crippen LogP contribution is -2.06. The van der Waals surface area contributed by atoms with Gasteiger partial charge in [0.15, 0.2) is 5.75 Å². The van der Waals surface area contributed by atoms with Crippen molar-refractivity contribution >= 4 is 5.97 Å². The fraction of sp³-hybridized carbons (Fsp3) is 0.333. The largest absolute Gasteiger partial charge is 0.503 e. The Balaban J connectivity index is 1.91. The molecule has 2 heterocycles. The van der Waals surface area contributed by atoms with E-state index in [1.54, 1.807) is 0 Å². The van der Waals surface area contributed by atoms with Crippen LogP contribution in [0.25, 0.3) is 22.8 Å². The van der Waals surface area contributed by atoms with Crippen LogP contribution >= 0.6 is 0 Å². The summed E-state index contributed by atoms with van der Waals surface area (Å²) in [7, 11) is 0. The molecule has 0 saturated heterocycles. The molecule has 0 saturated carbocycles. The van der Waals surface area contributed by atoms with Gasteiger partial charge in [-0.3, -0.25) is 4.79 Å². The molecule has 0 atom stereocenters. The zero-order valence-electron chi connectivity index (χ0n) is 16.5. The molecule has 152 valence electrons. The molecule has 2 N–H and O–H groups in total. The smallest absolute Gasteiger partial charge is 0.303 e. The first kappa shape index (κ1) is 20.3. The number of carboxylic acids is 1. The molecule has 0 spiro atoms. The van der Waals surface area contributed by atoms with E-state index in [1.807, 2.05) is 39.0 Å². The van der Waals surface area contributed by atoms with Crippen molar-refractivity contribution in [3.05, 3.63) is 41.6 Å². The van der Waals surface area contributed by atoms with E-state index < -0.39 is 5.97 Å². The number of ether oxygens (including phenoxy) is 1. The van der Waals surface area contributed by atoms with Gasteiger partial charge in [0, 0.05) is 18.2 Å². The normalized spacial score (nSPS) is 11.0. The number of aryl methyl sites for hydroxylation is 1. The van der Waals surface area contributed by atoms with Crippen molar-refractivity contribution in [1.29, 1.82) is 0 Å². The molecule has 3 rings (SSSR count). The number of pyridine rings is 1. The molecule has 29 heavy (non-hydrogen) atoms. The monoisotopic (exact) mass is 397 g/mol. The second kappa shape index (κ2) is 8.72. The number of nitrogens with zero attached hydrogens (tertiary/aromatic N) is 3. The summed E-state index contributed by atoms with van der Waals surface area (Å²) in [6, 6.07) is 7.12. The van der Waals surface area contributed by atoms with Crippen molar-refractivity contribution in [3.8, 4) is 34.5 Å². The van der Waals surface area contributed by atoms with Crippen LogP contribution in [0.2, 0.25) is 0 Å². The molecule has 0 bridgehead atoms. The summed E-state index contributed by atoms with van der Waals surface area (Å²) in [4.78, 5) is 19.5. The van der Waals surface area contributed by atoms with Crippen LogP contribution in [-0.4, -0.2) is 37.4 Å². The van der Waals surface area contributed by atoms with Crippen LogP contribution in [0, 0.1) is 0 Å². The third-order valence-electron chi connectivity index (χ3n) is 4.33. The molecule has 8 heteroatoms. The highest BCUT2D eigenvalue weighted by molar-refractivity contribution is 5.68. The SMILES string of the molecule is CCc1c(CCC(=O)O)cccc1-c1noc(-c2cnc(OC(C)C)c(O)c2)n1. The summed E-state index contributed by atoms with van der Waals surface area (Å²) in [6.07, 6.45) is 2.59. The van der Waals surface area contributed by atoms with Gasteiger partial charge < -0.3 is 19.5 Å². The number of aromatic hydroxyl groups is 1. The van der Waals surface area contributed by atoms with E-state index in [0.717, 1.165) is 16.7 Å². The van der Waals surface area contributed by atoms with E-state index in [0.29, 0.717) is 24.2 Å². The Morgan fingerprint density at radius 1 is 1.31 bits per heavy atom. The zero-order chi connectivity index (χ0) is 21.0. The van der Waals surface area contributed by atoms with Crippen LogP contribution < -0.4 is 4.74 Å². The third-order valence-corrected chi connectivity index (χ3v) is 4.33. The Bertz CT molecular complexity index is 1010. The summed E-state index contributed by atoms with van der Waals surface area (Å²) in [6.45, 7) is 5.68. The second-order valence-electron chi connectivity index (χ2n) is 6.83. The first-order chi connectivity index (χ1) is 13.9. The number of hydrogen-bond acceptors (Lipinski definition) is 7. The molecule has 3 aromatic rings. The van der Waals surface area contributed by atoms with Gasteiger partial charge in [0.05, 0.1) is 11.7 Å². The lowest BCUT2D eigenvalue weighted by Gasteiger charge is -2.10. The molecule has 0 unspecified atom stereocenters. The van der Waals surface area contributed by atoms with Gasteiger partial charge in [-0.05, 0) is 43.9 Å². The number of hydrogen-bond donors (Lipinski definition) is 2. The van der Waals surface area contributed by atoms with Gasteiger partial charge in [-0.15, -0.1) is 0 Å². The molecule has 0 amide bonds. The molecule has 0 fully saturated rings. The minimum atomic E-state index is -0.837. The van der Waals surface area contributed by atoms with Crippen LogP contribution in [0.15, 0.2) is 35.0 Å². The summed E-state index contributed by atoms with van der Waals surface area (Å²) in [5.74, 6) is -0.187. The van der Waals surface area contributed by atoms with Crippen molar-refractivity contribution in [2.24, 2.45) is 0 Å². The lowest BCUT2D eigenvalue weighted by molar-refractivity contribution is -0.136. The van der Waals surface area contributed by atoms with Crippen molar-refractivity contribution in [2.75, 3.05) is 0 Å². The summed E-state index contributed by atoms with van der Waals surface area (Å²) in [5.41, 5.74) is 3.20. The van der Waals surface area contributed by atoms with E-state index >= 15 is 0 Å². The highest BCUT2D eigenvalue weighted by Gasteiger charge is 2.17. The van der Waals surface area contributed by atoms with Crippen molar-refractivity contribution in [1.82, 2.24) is 15.1 Å². The number of rotatable bonds is 8. The second-order valence-corrected chi connectivity index (χ2v) is 6.83. The predicted octanol–water partition coefficient (Wildman–Crippen LogP) is 3.87. The van der Waals surface area contributed by atoms with Gasteiger partial charge in [-0.2, -0.15) is 4.98 Å². The average Bonchev–Trinajstić information content (AvgIpc) is 3.17. The molecule has 0 aliphatic heterocycles. The van der Waals surface area contributed by atoms with Gasteiger partial charge >= 0.3 is 5.97 Å². The minimum Gasteiger partial charge on any atom is -0.503 e. The number of aliphatic carboxylic acids is 1. The van der Waals surface area contributed by atoms with Crippen LogP contribution in [0.5, 0.6) is 11.6 Å². The fourth-order valence-electron chi connectivity index (χ4n) is 3.06. The Morgan fingerprint density at radius 2 is 2.10 bits per heavy atom. The quantitative estimate of drug-likeness (QED) is 0.588. The third kappa shape index (κ3) is 4.71. The van der Waals surface area contributed by atoms with Crippen molar-refractivity contribution in [2.45, 2.75) is 46.1 Å². The molecule has 1 aromatic carbocycles. The Morgan fingerprint density at radius 3 is 2.76 bits per heavy atom. The molecule has 8 nitrogen and oxygen atoms in total. The maximum atomic E-state index is 10.9. The molecular formula is C21H23N3O5. The molecule has 2 aromatic heterocycles. The first-order valence-corrected chi connectivity index (χ1v) is 9.41. The van der Waals surface area contributed by atoms with Crippen LogP contribution in [0.3, 0.4) is 0 Å². The summed E-state index contributed by atoms with van der Waals surface area (Å²) < 4.78 is 10.8. The predicted molar refractivity (Wildman–Crippen MR) is 106 cm³/mol. The zero-order valence-corrected chi connectivity index (χ0v) is 16.5. The maximum Gasteiger partial charge on any atom is 0.303 e. The molecular weight excluding hydrogens is 374 g/mol. The van der Waals surface area contributed by atoms with E-state index in [2.05, 4.69) is 15.1 Å².